The Balaban J connectivity index is 1.76. The maximum Gasteiger partial charge on any atom is 0.341 e. The van der Waals surface area contributed by atoms with Crippen LogP contribution in [0.5, 0.6) is 0 Å². The lowest BCUT2D eigenvalue weighted by molar-refractivity contribution is -0.353. The Morgan fingerprint density at radius 3 is 2.68 bits per heavy atom. The Labute approximate surface area is 129 Å². The molecule has 1 heterocycles. The van der Waals surface area contributed by atoms with Crippen LogP contribution in [-0.2, 0) is 4.79 Å². The first-order valence-corrected chi connectivity index (χ1v) is 7.55. The van der Waals surface area contributed by atoms with Crippen molar-refractivity contribution in [3.63, 3.8) is 0 Å². The predicted octanol–water partition coefficient (Wildman–Crippen LogP) is 2.56. The van der Waals surface area contributed by atoms with Crippen LogP contribution in [0, 0.1) is 10.8 Å². The van der Waals surface area contributed by atoms with Gasteiger partial charge in [0.2, 0.25) is 10.9 Å². The van der Waals surface area contributed by atoms with Gasteiger partial charge in [-0.25, -0.2) is 9.78 Å². The Morgan fingerprint density at radius 1 is 1.23 bits per heavy atom. The van der Waals surface area contributed by atoms with Crippen molar-refractivity contribution in [2.45, 2.75) is 12.8 Å². The molecule has 2 amide bonds. The van der Waals surface area contributed by atoms with Crippen LogP contribution < -0.4 is 15.6 Å². The molecular weight excluding hydrogens is 304 g/mol. The van der Waals surface area contributed by atoms with E-state index in [2.05, 4.69) is 20.8 Å². The summed E-state index contributed by atoms with van der Waals surface area (Å²) in [7, 11) is 0. The molecule has 0 aliphatic heterocycles. The first-order valence-electron chi connectivity index (χ1n) is 6.73. The Hall–Kier alpha value is -2.61. The van der Waals surface area contributed by atoms with Crippen LogP contribution >= 0.6 is 11.3 Å². The SMILES string of the molecule is O=Nc1c[nH+]c(NC(=O)c2ccccc2NC(=O)C2CC2)s1. The van der Waals surface area contributed by atoms with E-state index in [1.165, 1.54) is 6.20 Å². The summed E-state index contributed by atoms with van der Waals surface area (Å²) in [6.45, 7) is 0. The van der Waals surface area contributed by atoms with E-state index in [-0.39, 0.29) is 22.7 Å². The van der Waals surface area contributed by atoms with Crippen molar-refractivity contribution in [1.82, 2.24) is 0 Å². The number of thiazole rings is 1. The van der Waals surface area contributed by atoms with Crippen LogP contribution in [-0.4, -0.2) is 11.8 Å². The molecule has 1 aliphatic carbocycles. The largest absolute Gasteiger partial charge is 0.341 e. The normalized spacial score (nSPS) is 13.5. The molecule has 22 heavy (non-hydrogen) atoms. The summed E-state index contributed by atoms with van der Waals surface area (Å²) in [6, 6.07) is 6.79. The van der Waals surface area contributed by atoms with E-state index in [0.29, 0.717) is 16.4 Å². The fourth-order valence-electron chi connectivity index (χ4n) is 1.94. The van der Waals surface area contributed by atoms with Crippen LogP contribution in [0.3, 0.4) is 0 Å². The fraction of sp³-hybridized carbons (Fsp3) is 0.214. The zero-order valence-electron chi connectivity index (χ0n) is 11.5. The van der Waals surface area contributed by atoms with Crippen LogP contribution in [0.4, 0.5) is 15.8 Å². The monoisotopic (exact) mass is 317 g/mol. The first kappa shape index (κ1) is 14.3. The van der Waals surface area contributed by atoms with Crippen molar-refractivity contribution >= 4 is 39.0 Å². The number of H-pyrrole nitrogens is 1. The van der Waals surface area contributed by atoms with E-state index in [1.54, 1.807) is 24.3 Å². The van der Waals surface area contributed by atoms with E-state index in [4.69, 9.17) is 0 Å². The topological polar surface area (TPSA) is 102 Å². The number of aromatic amines is 1. The van der Waals surface area contributed by atoms with Gasteiger partial charge in [0, 0.05) is 5.92 Å². The summed E-state index contributed by atoms with van der Waals surface area (Å²) < 4.78 is 0. The van der Waals surface area contributed by atoms with Gasteiger partial charge in [0.1, 0.15) is 6.20 Å². The Bertz CT molecular complexity index is 739. The molecule has 0 radical (unpaired) electrons. The number of carbonyl (C=O) groups excluding carboxylic acids is 2. The lowest BCUT2D eigenvalue weighted by Crippen LogP contribution is -2.20. The molecule has 1 aromatic carbocycles. The van der Waals surface area contributed by atoms with E-state index in [1.807, 2.05) is 0 Å². The minimum Gasteiger partial charge on any atom is -0.325 e. The quantitative estimate of drug-likeness (QED) is 0.828. The minimum absolute atomic E-state index is 0.0583. The lowest BCUT2D eigenvalue weighted by atomic mass is 10.1. The molecular formula is C14H13N4O3S+. The Kier molecular flexibility index (Phi) is 3.92. The van der Waals surface area contributed by atoms with Crippen molar-refractivity contribution in [1.29, 1.82) is 0 Å². The van der Waals surface area contributed by atoms with Crippen LogP contribution in [0.1, 0.15) is 23.2 Å². The standard InChI is InChI=1S/C14H12N4O3S/c19-12(8-5-6-8)16-10-4-2-1-3-9(10)13(20)17-14-15-7-11(18-21)22-14/h1-4,7-8H,5-6H2,(H,16,19)(H,15,17,20)/p+1. The van der Waals surface area contributed by atoms with Crippen molar-refractivity contribution in [2.24, 2.45) is 11.1 Å². The maximum atomic E-state index is 12.3. The number of hydrogen-bond acceptors (Lipinski definition) is 5. The molecule has 8 heteroatoms. The summed E-state index contributed by atoms with van der Waals surface area (Å²) in [6.07, 6.45) is 3.20. The Morgan fingerprint density at radius 2 is 2.00 bits per heavy atom. The minimum atomic E-state index is -0.373. The molecule has 0 bridgehead atoms. The number of para-hydroxylation sites is 1. The summed E-state index contributed by atoms with van der Waals surface area (Å²) in [5.74, 6) is -0.374. The smallest absolute Gasteiger partial charge is 0.325 e. The molecule has 0 unspecified atom stereocenters. The van der Waals surface area contributed by atoms with Gasteiger partial charge < -0.3 is 5.32 Å². The molecule has 2 aromatic rings. The van der Waals surface area contributed by atoms with Gasteiger partial charge in [-0.1, -0.05) is 12.1 Å². The fourth-order valence-corrected chi connectivity index (χ4v) is 2.56. The zero-order chi connectivity index (χ0) is 15.5. The second kappa shape index (κ2) is 6.02. The second-order valence-electron chi connectivity index (χ2n) is 4.91. The highest BCUT2D eigenvalue weighted by atomic mass is 32.1. The predicted molar refractivity (Wildman–Crippen MR) is 82.1 cm³/mol. The number of nitroso groups, excluding NO2 is 1. The molecule has 0 atom stereocenters. The zero-order valence-corrected chi connectivity index (χ0v) is 12.3. The average Bonchev–Trinajstić information content (AvgIpc) is 3.28. The average molecular weight is 317 g/mol. The molecule has 0 spiro atoms. The number of nitrogens with one attached hydrogen (secondary N) is 3. The van der Waals surface area contributed by atoms with Gasteiger partial charge in [0.15, 0.2) is 0 Å². The van der Waals surface area contributed by atoms with E-state index < -0.39 is 0 Å². The number of anilines is 2. The second-order valence-corrected chi connectivity index (χ2v) is 5.94. The van der Waals surface area contributed by atoms with E-state index >= 15 is 0 Å². The van der Waals surface area contributed by atoms with Crippen molar-refractivity contribution in [3.8, 4) is 0 Å². The number of amides is 2. The van der Waals surface area contributed by atoms with Crippen molar-refractivity contribution in [2.75, 3.05) is 10.6 Å². The van der Waals surface area contributed by atoms with Gasteiger partial charge in [-0.05, 0) is 41.5 Å². The number of hydrogen-bond donors (Lipinski definition) is 2. The van der Waals surface area contributed by atoms with E-state index in [9.17, 15) is 14.5 Å². The van der Waals surface area contributed by atoms with Crippen LogP contribution in [0.2, 0.25) is 0 Å². The highest BCUT2D eigenvalue weighted by Crippen LogP contribution is 2.31. The molecule has 1 saturated carbocycles. The third-order valence-electron chi connectivity index (χ3n) is 3.23. The number of benzene rings is 1. The summed E-state index contributed by atoms with van der Waals surface area (Å²) in [4.78, 5) is 37.3. The van der Waals surface area contributed by atoms with Crippen LogP contribution in [0.15, 0.2) is 35.6 Å². The number of carbonyl (C=O) groups is 2. The molecule has 1 fully saturated rings. The summed E-state index contributed by atoms with van der Waals surface area (Å²) >= 11 is 1.04. The number of nitrogens with zero attached hydrogens (tertiary/aromatic N) is 1. The van der Waals surface area contributed by atoms with Crippen LogP contribution in [0.25, 0.3) is 0 Å². The first-order chi connectivity index (χ1) is 10.7. The summed E-state index contributed by atoms with van der Waals surface area (Å²) in [5.41, 5.74) is 0.834. The van der Waals surface area contributed by atoms with Gasteiger partial charge in [-0.15, -0.1) is 4.91 Å². The van der Waals surface area contributed by atoms with Gasteiger partial charge in [-0.3, -0.25) is 4.79 Å². The highest BCUT2D eigenvalue weighted by Gasteiger charge is 2.30. The van der Waals surface area contributed by atoms with Crippen molar-refractivity contribution in [3.05, 3.63) is 40.9 Å². The molecule has 3 rings (SSSR count). The number of aromatic nitrogens is 1. The van der Waals surface area contributed by atoms with Gasteiger partial charge in [0.05, 0.1) is 11.3 Å². The summed E-state index contributed by atoms with van der Waals surface area (Å²) in [5, 5.41) is 8.86. The molecule has 1 aromatic heterocycles. The van der Waals surface area contributed by atoms with Crippen molar-refractivity contribution < 1.29 is 14.6 Å². The highest BCUT2D eigenvalue weighted by molar-refractivity contribution is 7.18. The lowest BCUT2D eigenvalue weighted by Gasteiger charge is -2.07. The molecule has 7 nitrogen and oxygen atoms in total. The molecule has 1 aliphatic rings. The third kappa shape index (κ3) is 3.17. The molecule has 3 N–H and O–H groups in total. The van der Waals surface area contributed by atoms with E-state index in [0.717, 1.165) is 24.2 Å². The molecule has 0 saturated heterocycles. The number of rotatable bonds is 5. The molecule has 112 valence electrons. The maximum absolute atomic E-state index is 12.3. The third-order valence-corrected chi connectivity index (χ3v) is 4.05. The van der Waals surface area contributed by atoms with Gasteiger partial charge in [-0.2, -0.15) is 5.32 Å². The van der Waals surface area contributed by atoms with Gasteiger partial charge in [0.25, 0.3) is 0 Å². The van der Waals surface area contributed by atoms with Gasteiger partial charge >= 0.3 is 11.0 Å².